The molecule has 0 saturated heterocycles. The van der Waals surface area contributed by atoms with Crippen molar-refractivity contribution in [3.8, 4) is 12.3 Å². The van der Waals surface area contributed by atoms with E-state index in [0.717, 1.165) is 31.2 Å². The molecular formula is C16H18ClNO. The Morgan fingerprint density at radius 1 is 1.32 bits per heavy atom. The van der Waals surface area contributed by atoms with Crippen LogP contribution in [0.1, 0.15) is 37.7 Å². The average molecular weight is 276 g/mol. The molecule has 0 heterocycles. The third-order valence-corrected chi connectivity index (χ3v) is 4.10. The Balaban J connectivity index is 2.20. The highest BCUT2D eigenvalue weighted by atomic mass is 35.5. The van der Waals surface area contributed by atoms with E-state index in [0.29, 0.717) is 18.0 Å². The highest BCUT2D eigenvalue weighted by molar-refractivity contribution is 6.30. The number of halogens is 1. The number of amides is 1. The number of terminal acetylenes is 1. The summed E-state index contributed by atoms with van der Waals surface area (Å²) in [5, 5.41) is 3.66. The first-order valence-electron chi connectivity index (χ1n) is 6.67. The highest BCUT2D eigenvalue weighted by Crippen LogP contribution is 2.41. The maximum atomic E-state index is 12.5. The van der Waals surface area contributed by atoms with E-state index >= 15 is 0 Å². The minimum absolute atomic E-state index is 0.0996. The second-order valence-electron chi connectivity index (χ2n) is 5.01. The fourth-order valence-corrected chi connectivity index (χ4v) is 2.94. The van der Waals surface area contributed by atoms with Crippen LogP contribution >= 0.6 is 11.6 Å². The van der Waals surface area contributed by atoms with Crippen LogP contribution < -0.4 is 5.32 Å². The molecule has 1 saturated carbocycles. The highest BCUT2D eigenvalue weighted by Gasteiger charge is 2.42. The molecule has 0 unspecified atom stereocenters. The molecule has 3 heteroatoms. The van der Waals surface area contributed by atoms with Crippen molar-refractivity contribution in [3.63, 3.8) is 0 Å². The monoisotopic (exact) mass is 275 g/mol. The Kier molecular flexibility index (Phi) is 4.50. The number of hydrogen-bond donors (Lipinski definition) is 1. The van der Waals surface area contributed by atoms with Gasteiger partial charge in [0.05, 0.1) is 5.41 Å². The van der Waals surface area contributed by atoms with E-state index in [1.54, 1.807) is 0 Å². The van der Waals surface area contributed by atoms with Crippen molar-refractivity contribution in [1.82, 2.24) is 5.32 Å². The molecule has 1 aromatic rings. The predicted octanol–water partition coefficient (Wildman–Crippen LogP) is 3.29. The largest absolute Gasteiger partial charge is 0.354 e. The normalized spacial score (nSPS) is 16.8. The van der Waals surface area contributed by atoms with Gasteiger partial charge in [-0.3, -0.25) is 4.79 Å². The van der Waals surface area contributed by atoms with Crippen LogP contribution in [0.15, 0.2) is 24.3 Å². The molecule has 1 N–H and O–H groups in total. The number of hydrogen-bond acceptors (Lipinski definition) is 1. The standard InChI is InChI=1S/C16H18ClNO/c1-2-3-12-18-15(19)16(10-4-5-11-16)13-6-8-14(17)9-7-13/h1,6-9H,3-5,10-12H2,(H,18,19). The molecular weight excluding hydrogens is 258 g/mol. The van der Waals surface area contributed by atoms with Gasteiger partial charge in [-0.1, -0.05) is 36.6 Å². The second kappa shape index (κ2) is 6.12. The minimum Gasteiger partial charge on any atom is -0.354 e. The molecule has 2 rings (SSSR count). The first-order valence-corrected chi connectivity index (χ1v) is 7.05. The molecule has 1 aliphatic carbocycles. The van der Waals surface area contributed by atoms with Crippen molar-refractivity contribution in [1.29, 1.82) is 0 Å². The second-order valence-corrected chi connectivity index (χ2v) is 5.44. The number of nitrogens with one attached hydrogen (secondary N) is 1. The van der Waals surface area contributed by atoms with Crippen molar-refractivity contribution in [2.24, 2.45) is 0 Å². The summed E-state index contributed by atoms with van der Waals surface area (Å²) in [5.74, 6) is 2.64. The Morgan fingerprint density at radius 2 is 1.95 bits per heavy atom. The zero-order valence-electron chi connectivity index (χ0n) is 10.9. The van der Waals surface area contributed by atoms with Crippen molar-refractivity contribution < 1.29 is 4.79 Å². The fourth-order valence-electron chi connectivity index (χ4n) is 2.81. The Labute approximate surface area is 119 Å². The molecule has 19 heavy (non-hydrogen) atoms. The zero-order valence-corrected chi connectivity index (χ0v) is 11.7. The van der Waals surface area contributed by atoms with Crippen LogP contribution in [-0.4, -0.2) is 12.5 Å². The Hall–Kier alpha value is -1.46. The lowest BCUT2D eigenvalue weighted by atomic mass is 9.78. The summed E-state index contributed by atoms with van der Waals surface area (Å²) in [5.41, 5.74) is 0.673. The third-order valence-electron chi connectivity index (χ3n) is 3.84. The number of rotatable bonds is 4. The van der Waals surface area contributed by atoms with Gasteiger partial charge in [0.25, 0.3) is 0 Å². The van der Waals surface area contributed by atoms with Gasteiger partial charge in [0.15, 0.2) is 0 Å². The number of benzene rings is 1. The van der Waals surface area contributed by atoms with E-state index in [-0.39, 0.29) is 11.3 Å². The van der Waals surface area contributed by atoms with E-state index in [9.17, 15) is 4.79 Å². The van der Waals surface area contributed by atoms with Gasteiger partial charge in [-0.2, -0.15) is 0 Å². The van der Waals surface area contributed by atoms with E-state index < -0.39 is 0 Å². The van der Waals surface area contributed by atoms with E-state index in [2.05, 4.69) is 11.2 Å². The average Bonchev–Trinajstić information content (AvgIpc) is 2.90. The van der Waals surface area contributed by atoms with Crippen molar-refractivity contribution in [2.45, 2.75) is 37.5 Å². The third kappa shape index (κ3) is 2.93. The van der Waals surface area contributed by atoms with Gasteiger partial charge in [0, 0.05) is 18.0 Å². The molecule has 1 aromatic carbocycles. The van der Waals surface area contributed by atoms with Crippen LogP contribution in [-0.2, 0) is 10.2 Å². The SMILES string of the molecule is C#CCCNC(=O)C1(c2ccc(Cl)cc2)CCCC1. The summed E-state index contributed by atoms with van der Waals surface area (Å²) in [6.45, 7) is 0.546. The van der Waals surface area contributed by atoms with Gasteiger partial charge < -0.3 is 5.32 Å². The Bertz CT molecular complexity index is 480. The van der Waals surface area contributed by atoms with Gasteiger partial charge in [-0.25, -0.2) is 0 Å². The zero-order chi connectivity index (χ0) is 13.7. The van der Waals surface area contributed by atoms with Crippen molar-refractivity contribution in [3.05, 3.63) is 34.9 Å². The van der Waals surface area contributed by atoms with Crippen LogP contribution in [0.3, 0.4) is 0 Å². The van der Waals surface area contributed by atoms with Crippen molar-refractivity contribution in [2.75, 3.05) is 6.54 Å². The summed E-state index contributed by atoms with van der Waals surface area (Å²) >= 11 is 5.92. The lowest BCUT2D eigenvalue weighted by molar-refractivity contribution is -0.126. The van der Waals surface area contributed by atoms with Crippen LogP contribution in [0.25, 0.3) is 0 Å². The summed E-state index contributed by atoms with van der Waals surface area (Å²) in [4.78, 5) is 12.5. The van der Waals surface area contributed by atoms with E-state index in [4.69, 9.17) is 18.0 Å². The molecule has 2 nitrogen and oxygen atoms in total. The van der Waals surface area contributed by atoms with E-state index in [1.165, 1.54) is 0 Å². The maximum absolute atomic E-state index is 12.5. The topological polar surface area (TPSA) is 29.1 Å². The summed E-state index contributed by atoms with van der Waals surface area (Å²) in [6.07, 6.45) is 9.76. The van der Waals surface area contributed by atoms with Gasteiger partial charge in [-0.05, 0) is 30.5 Å². The molecule has 100 valence electrons. The fraction of sp³-hybridized carbons (Fsp3) is 0.438. The summed E-state index contributed by atoms with van der Waals surface area (Å²) in [7, 11) is 0. The van der Waals surface area contributed by atoms with Crippen molar-refractivity contribution >= 4 is 17.5 Å². The van der Waals surface area contributed by atoms with E-state index in [1.807, 2.05) is 24.3 Å². The molecule has 0 aliphatic heterocycles. The molecule has 1 amide bonds. The van der Waals surface area contributed by atoms with Gasteiger partial charge in [0.1, 0.15) is 0 Å². The Morgan fingerprint density at radius 3 is 2.53 bits per heavy atom. The molecule has 1 aliphatic rings. The smallest absolute Gasteiger partial charge is 0.230 e. The summed E-state index contributed by atoms with van der Waals surface area (Å²) < 4.78 is 0. The predicted molar refractivity (Wildman–Crippen MR) is 78.1 cm³/mol. The number of carbonyl (C=O) groups is 1. The molecule has 0 bridgehead atoms. The first-order chi connectivity index (χ1) is 9.19. The van der Waals surface area contributed by atoms with Crippen LogP contribution in [0, 0.1) is 12.3 Å². The maximum Gasteiger partial charge on any atom is 0.230 e. The number of carbonyl (C=O) groups excluding carboxylic acids is 1. The van der Waals surface area contributed by atoms with Crippen LogP contribution in [0.5, 0.6) is 0 Å². The van der Waals surface area contributed by atoms with Gasteiger partial charge >= 0.3 is 0 Å². The van der Waals surface area contributed by atoms with Crippen LogP contribution in [0.2, 0.25) is 5.02 Å². The molecule has 0 aromatic heterocycles. The quantitative estimate of drug-likeness (QED) is 0.663. The lowest BCUT2D eigenvalue weighted by Gasteiger charge is -2.28. The minimum atomic E-state index is -0.390. The van der Waals surface area contributed by atoms with Gasteiger partial charge in [0.2, 0.25) is 5.91 Å². The molecule has 0 spiro atoms. The first kappa shape index (κ1) is 14.0. The van der Waals surface area contributed by atoms with Crippen LogP contribution in [0.4, 0.5) is 0 Å². The molecule has 0 atom stereocenters. The molecule has 0 radical (unpaired) electrons. The van der Waals surface area contributed by atoms with Gasteiger partial charge in [-0.15, -0.1) is 12.3 Å². The molecule has 1 fully saturated rings. The lowest BCUT2D eigenvalue weighted by Crippen LogP contribution is -2.42. The summed E-state index contributed by atoms with van der Waals surface area (Å²) in [6, 6.07) is 7.64.